The number of likely N-dealkylation sites (N-methyl/N-ethyl adjacent to an activating group) is 1. The molecular weight excluding hydrogens is 549 g/mol. The van der Waals surface area contributed by atoms with Crippen LogP contribution in [0.25, 0.3) is 0 Å². The lowest BCUT2D eigenvalue weighted by Crippen LogP contribution is -2.47. The molecule has 2 atom stereocenters. The lowest BCUT2D eigenvalue weighted by Gasteiger charge is -2.33. The quantitative estimate of drug-likeness (QED) is 0.387. The van der Waals surface area contributed by atoms with Crippen LogP contribution in [0.5, 0.6) is 5.75 Å². The third-order valence-corrected chi connectivity index (χ3v) is 7.45. The Bertz CT molecular complexity index is 1520. The summed E-state index contributed by atoms with van der Waals surface area (Å²) in [6.45, 7) is 1.77. The molecule has 0 unspecified atom stereocenters. The zero-order valence-electron chi connectivity index (χ0n) is 22.9. The maximum atomic E-state index is 14.1. The molecule has 0 aromatic heterocycles. The Balaban J connectivity index is 1.54. The molecule has 0 bridgehead atoms. The summed E-state index contributed by atoms with van der Waals surface area (Å²) >= 11 is 0. The second-order valence-electron chi connectivity index (χ2n) is 9.93. The van der Waals surface area contributed by atoms with Crippen LogP contribution in [0, 0.1) is 0 Å². The summed E-state index contributed by atoms with van der Waals surface area (Å²) in [5.41, 5.74) is 0.375. The molecule has 0 saturated carbocycles. The van der Waals surface area contributed by atoms with Crippen molar-refractivity contribution in [1.82, 2.24) is 15.1 Å². The first kappa shape index (κ1) is 28.7. The Hall–Kier alpha value is -4.80. The first-order valence-electron chi connectivity index (χ1n) is 13.4. The van der Waals surface area contributed by atoms with Crippen molar-refractivity contribution in [2.24, 2.45) is 0 Å². The largest absolute Gasteiger partial charge is 0.497 e. The molecule has 0 fully saturated rings. The molecule has 2 aliphatic rings. The van der Waals surface area contributed by atoms with Crippen molar-refractivity contribution < 1.29 is 32.3 Å². The number of nitrogens with zero attached hydrogens (tertiary/aromatic N) is 2. The van der Waals surface area contributed by atoms with Crippen molar-refractivity contribution in [2.45, 2.75) is 31.6 Å². The highest BCUT2D eigenvalue weighted by atomic mass is 19.4. The maximum Gasteiger partial charge on any atom is 0.416 e. The van der Waals surface area contributed by atoms with Gasteiger partial charge in [-0.05, 0) is 48.4 Å². The number of carbonyl (C=O) groups is 3. The van der Waals surface area contributed by atoms with Gasteiger partial charge in [0.25, 0.3) is 5.91 Å². The van der Waals surface area contributed by atoms with Crippen molar-refractivity contribution in [1.29, 1.82) is 0 Å². The molecule has 42 heavy (non-hydrogen) atoms. The molecule has 0 saturated heterocycles. The van der Waals surface area contributed by atoms with Gasteiger partial charge in [0.2, 0.25) is 5.91 Å². The van der Waals surface area contributed by atoms with Crippen LogP contribution in [-0.4, -0.2) is 53.9 Å². The first-order chi connectivity index (χ1) is 20.1. The molecule has 0 spiro atoms. The molecule has 2 N–H and O–H groups in total. The fraction of sp³-hybridized carbons (Fsp3) is 0.258. The molecule has 0 radical (unpaired) electrons. The van der Waals surface area contributed by atoms with E-state index in [4.69, 9.17) is 4.74 Å². The summed E-state index contributed by atoms with van der Waals surface area (Å²) < 4.78 is 47.2. The number of urea groups is 1. The molecule has 3 aromatic carbocycles. The molecule has 218 valence electrons. The van der Waals surface area contributed by atoms with Crippen LogP contribution >= 0.6 is 0 Å². The van der Waals surface area contributed by atoms with Gasteiger partial charge in [-0.3, -0.25) is 14.5 Å². The van der Waals surface area contributed by atoms with E-state index in [1.54, 1.807) is 31.2 Å². The van der Waals surface area contributed by atoms with Gasteiger partial charge in [-0.2, -0.15) is 13.2 Å². The molecular formula is C31H29F3N4O4. The minimum absolute atomic E-state index is 0.0171. The minimum Gasteiger partial charge on any atom is -0.497 e. The number of hydrogen-bond donors (Lipinski definition) is 2. The Morgan fingerprint density at radius 3 is 2.33 bits per heavy atom. The molecule has 0 aliphatic carbocycles. The topological polar surface area (TPSA) is 91.0 Å². The number of hydrogen-bond acceptors (Lipinski definition) is 4. The van der Waals surface area contributed by atoms with Crippen LogP contribution < -0.4 is 15.4 Å². The third kappa shape index (κ3) is 5.54. The van der Waals surface area contributed by atoms with Crippen LogP contribution in [0.1, 0.15) is 29.7 Å². The van der Waals surface area contributed by atoms with Crippen molar-refractivity contribution >= 4 is 23.5 Å². The molecule has 4 amide bonds. The molecule has 5 rings (SSSR count). The number of methoxy groups -OCH3 is 1. The summed E-state index contributed by atoms with van der Waals surface area (Å²) in [7, 11) is 1.52. The smallest absolute Gasteiger partial charge is 0.416 e. The lowest BCUT2D eigenvalue weighted by atomic mass is 9.91. The number of rotatable bonds is 8. The second-order valence-corrected chi connectivity index (χ2v) is 9.93. The predicted octanol–water partition coefficient (Wildman–Crippen LogP) is 5.15. The molecule has 2 aliphatic heterocycles. The third-order valence-electron chi connectivity index (χ3n) is 7.45. The number of alkyl halides is 3. The summed E-state index contributed by atoms with van der Waals surface area (Å²) in [6, 6.07) is 17.7. The van der Waals surface area contributed by atoms with Gasteiger partial charge < -0.3 is 20.3 Å². The van der Waals surface area contributed by atoms with E-state index in [-0.39, 0.29) is 36.3 Å². The number of benzene rings is 3. The Morgan fingerprint density at radius 1 is 1.02 bits per heavy atom. The molecule has 2 heterocycles. The van der Waals surface area contributed by atoms with Gasteiger partial charge in [-0.1, -0.05) is 48.5 Å². The van der Waals surface area contributed by atoms with E-state index in [1.165, 1.54) is 35.1 Å². The van der Waals surface area contributed by atoms with E-state index in [9.17, 15) is 27.6 Å². The number of nitrogens with one attached hydrogen (secondary N) is 2. The predicted molar refractivity (Wildman–Crippen MR) is 149 cm³/mol. The van der Waals surface area contributed by atoms with Crippen molar-refractivity contribution in [2.75, 3.05) is 25.5 Å². The summed E-state index contributed by atoms with van der Waals surface area (Å²) in [4.78, 5) is 43.7. The summed E-state index contributed by atoms with van der Waals surface area (Å²) in [5, 5.41) is 5.45. The highest BCUT2D eigenvalue weighted by molar-refractivity contribution is 6.05. The van der Waals surface area contributed by atoms with Crippen molar-refractivity contribution in [3.8, 4) is 5.75 Å². The number of amides is 4. The SMILES string of the molecule is CCN1C(=O)N[C@H](c2ccccc2C(F)(F)F)C2=C1CN([C@H](Cc1ccccc1)C(=O)Nc1ccc(OC)cc1)C2=O. The van der Waals surface area contributed by atoms with Crippen molar-refractivity contribution in [3.63, 3.8) is 0 Å². The van der Waals surface area contributed by atoms with Crippen molar-refractivity contribution in [3.05, 3.63) is 107 Å². The Kier molecular flexibility index (Phi) is 7.93. The van der Waals surface area contributed by atoms with E-state index in [0.717, 1.165) is 11.6 Å². The van der Waals surface area contributed by atoms with Gasteiger partial charge in [-0.25, -0.2) is 4.79 Å². The monoisotopic (exact) mass is 578 g/mol. The first-order valence-corrected chi connectivity index (χ1v) is 13.4. The lowest BCUT2D eigenvalue weighted by molar-refractivity contribution is -0.138. The van der Waals surface area contributed by atoms with Gasteiger partial charge in [-0.15, -0.1) is 0 Å². The fourth-order valence-corrected chi connectivity index (χ4v) is 5.42. The number of halogens is 3. The zero-order valence-corrected chi connectivity index (χ0v) is 22.9. The fourth-order valence-electron chi connectivity index (χ4n) is 5.42. The van der Waals surface area contributed by atoms with Gasteiger partial charge in [0.1, 0.15) is 11.8 Å². The summed E-state index contributed by atoms with van der Waals surface area (Å²) in [6.07, 6.45) is -4.56. The van der Waals surface area contributed by atoms with E-state index >= 15 is 0 Å². The average molecular weight is 579 g/mol. The van der Waals surface area contributed by atoms with Gasteiger partial charge in [0, 0.05) is 18.7 Å². The average Bonchev–Trinajstić information content (AvgIpc) is 3.32. The zero-order chi connectivity index (χ0) is 30.0. The molecule has 11 heteroatoms. The highest BCUT2D eigenvalue weighted by Gasteiger charge is 2.48. The van der Waals surface area contributed by atoms with Crippen LogP contribution in [-0.2, 0) is 22.2 Å². The van der Waals surface area contributed by atoms with E-state index in [1.807, 2.05) is 30.3 Å². The number of anilines is 1. The standard InChI is InChI=1S/C31H29F3N4O4/c1-3-37-25-18-38(29(40)26(25)27(36-30(37)41)22-11-7-8-12-23(22)31(32,33)34)24(17-19-9-5-4-6-10-19)28(39)35-20-13-15-21(42-2)16-14-20/h4-16,24,27H,3,17-18H2,1-2H3,(H,35,39)(H,36,41)/t24-,27-/m1/s1. The van der Waals surface area contributed by atoms with Crippen LogP contribution in [0.3, 0.4) is 0 Å². The number of ether oxygens (including phenoxy) is 1. The maximum absolute atomic E-state index is 14.1. The molecule has 8 nitrogen and oxygen atoms in total. The van der Waals surface area contributed by atoms with Gasteiger partial charge in [0.15, 0.2) is 0 Å². The number of carbonyl (C=O) groups excluding carboxylic acids is 3. The summed E-state index contributed by atoms with van der Waals surface area (Å²) in [5.74, 6) is -0.495. The van der Waals surface area contributed by atoms with Gasteiger partial charge >= 0.3 is 12.2 Å². The van der Waals surface area contributed by atoms with E-state index in [2.05, 4.69) is 10.6 Å². The van der Waals surface area contributed by atoms with Crippen LogP contribution in [0.15, 0.2) is 90.1 Å². The minimum atomic E-state index is -4.71. The van der Waals surface area contributed by atoms with Crippen LogP contribution in [0.4, 0.5) is 23.7 Å². The van der Waals surface area contributed by atoms with E-state index < -0.39 is 41.7 Å². The normalized spacial score (nSPS) is 17.6. The van der Waals surface area contributed by atoms with E-state index in [0.29, 0.717) is 11.4 Å². The Morgan fingerprint density at radius 2 is 1.69 bits per heavy atom. The second kappa shape index (κ2) is 11.6. The Labute approximate surface area is 240 Å². The van der Waals surface area contributed by atoms with Crippen LogP contribution in [0.2, 0.25) is 0 Å². The highest BCUT2D eigenvalue weighted by Crippen LogP contribution is 2.42. The molecule has 3 aromatic rings. The van der Waals surface area contributed by atoms with Gasteiger partial charge in [0.05, 0.1) is 36.5 Å².